The molecule has 1 aromatic carbocycles. The Bertz CT molecular complexity index is 774. The highest BCUT2D eigenvalue weighted by molar-refractivity contribution is 7.89. The van der Waals surface area contributed by atoms with E-state index in [1.165, 1.54) is 12.0 Å². The maximum Gasteiger partial charge on any atom is 0.240 e. The molecule has 22 heavy (non-hydrogen) atoms. The van der Waals surface area contributed by atoms with Crippen LogP contribution in [0.3, 0.4) is 0 Å². The Morgan fingerprint density at radius 2 is 1.91 bits per heavy atom. The number of aromatic nitrogens is 1. The number of benzene rings is 1. The van der Waals surface area contributed by atoms with Crippen LogP contribution in [-0.2, 0) is 29.4 Å². The lowest BCUT2D eigenvalue weighted by molar-refractivity contribution is 0.392. The molecule has 0 saturated heterocycles. The highest BCUT2D eigenvalue weighted by Gasteiger charge is 2.19. The van der Waals surface area contributed by atoms with Gasteiger partial charge in [0, 0.05) is 12.1 Å². The molecule has 1 aliphatic carbocycles. The molecular formula is C16H20N2O3S. The Morgan fingerprint density at radius 1 is 1.18 bits per heavy atom. The van der Waals surface area contributed by atoms with Gasteiger partial charge < -0.3 is 4.52 Å². The molecule has 3 rings (SSSR count). The highest BCUT2D eigenvalue weighted by Crippen LogP contribution is 2.24. The van der Waals surface area contributed by atoms with Crippen molar-refractivity contribution in [2.24, 2.45) is 0 Å². The first-order valence-electron chi connectivity index (χ1n) is 7.50. The molecule has 5 nitrogen and oxygen atoms in total. The molecule has 0 radical (unpaired) electrons. The van der Waals surface area contributed by atoms with Gasteiger partial charge in [0.2, 0.25) is 10.0 Å². The zero-order chi connectivity index (χ0) is 15.7. The second-order valence-electron chi connectivity index (χ2n) is 5.76. The number of hydrogen-bond acceptors (Lipinski definition) is 4. The zero-order valence-electron chi connectivity index (χ0n) is 12.8. The average molecular weight is 320 g/mol. The van der Waals surface area contributed by atoms with Crippen LogP contribution in [0, 0.1) is 13.8 Å². The van der Waals surface area contributed by atoms with E-state index in [1.807, 2.05) is 12.1 Å². The predicted octanol–water partition coefficient (Wildman–Crippen LogP) is 2.65. The minimum Gasteiger partial charge on any atom is -0.361 e. The summed E-state index contributed by atoms with van der Waals surface area (Å²) in [5.41, 5.74) is 3.94. The minimum atomic E-state index is -3.52. The van der Waals surface area contributed by atoms with Crippen molar-refractivity contribution >= 4 is 10.0 Å². The lowest BCUT2D eigenvalue weighted by Gasteiger charge is -2.16. The van der Waals surface area contributed by atoms with Crippen molar-refractivity contribution in [1.82, 2.24) is 9.88 Å². The van der Waals surface area contributed by atoms with E-state index in [1.54, 1.807) is 19.9 Å². The van der Waals surface area contributed by atoms with Gasteiger partial charge in [0.25, 0.3) is 0 Å². The fourth-order valence-electron chi connectivity index (χ4n) is 2.88. The Hall–Kier alpha value is -1.66. The summed E-state index contributed by atoms with van der Waals surface area (Å²) in [6.07, 6.45) is 4.32. The van der Waals surface area contributed by atoms with Crippen LogP contribution in [0.15, 0.2) is 27.6 Å². The maximum atomic E-state index is 12.5. The molecule has 1 aromatic heterocycles. The lowest BCUT2D eigenvalue weighted by atomic mass is 9.92. The summed E-state index contributed by atoms with van der Waals surface area (Å²) in [6.45, 7) is 3.78. The van der Waals surface area contributed by atoms with Gasteiger partial charge >= 0.3 is 0 Å². The van der Waals surface area contributed by atoms with Gasteiger partial charge in [-0.3, -0.25) is 0 Å². The standard InChI is InChI=1S/C16H20N2O3S/c1-11-16(12(2)21-18-11)10-17-22(19,20)15-8-7-13-5-3-4-6-14(13)9-15/h7-9,17H,3-6,10H2,1-2H3. The van der Waals surface area contributed by atoms with Gasteiger partial charge in [0.05, 0.1) is 10.6 Å². The fourth-order valence-corrected chi connectivity index (χ4v) is 3.93. The monoisotopic (exact) mass is 320 g/mol. The molecule has 0 amide bonds. The van der Waals surface area contributed by atoms with Gasteiger partial charge in [0.15, 0.2) is 0 Å². The number of hydrogen-bond donors (Lipinski definition) is 1. The Kier molecular flexibility index (Phi) is 4.06. The predicted molar refractivity (Wildman–Crippen MR) is 83.1 cm³/mol. The molecule has 0 bridgehead atoms. The van der Waals surface area contributed by atoms with E-state index in [4.69, 9.17) is 4.52 Å². The third-order valence-electron chi connectivity index (χ3n) is 4.25. The number of nitrogens with one attached hydrogen (secondary N) is 1. The SMILES string of the molecule is Cc1noc(C)c1CNS(=O)(=O)c1ccc2c(c1)CCCC2. The molecule has 0 aliphatic heterocycles. The number of sulfonamides is 1. The Labute approximate surface area is 130 Å². The van der Waals surface area contributed by atoms with Gasteiger partial charge in [-0.2, -0.15) is 0 Å². The van der Waals surface area contributed by atoms with Gasteiger partial charge in [-0.25, -0.2) is 13.1 Å². The van der Waals surface area contributed by atoms with Crippen molar-refractivity contribution in [2.75, 3.05) is 0 Å². The number of fused-ring (bicyclic) bond motifs is 1. The van der Waals surface area contributed by atoms with Gasteiger partial charge in [0.1, 0.15) is 5.76 Å². The largest absolute Gasteiger partial charge is 0.361 e. The van der Waals surface area contributed by atoms with E-state index in [9.17, 15) is 8.42 Å². The van der Waals surface area contributed by atoms with E-state index >= 15 is 0 Å². The van der Waals surface area contributed by atoms with Crippen LogP contribution < -0.4 is 4.72 Å². The molecule has 0 spiro atoms. The van der Waals surface area contributed by atoms with Crippen LogP contribution in [0.1, 0.15) is 41.0 Å². The van der Waals surface area contributed by atoms with Crippen LogP contribution in [0.4, 0.5) is 0 Å². The van der Waals surface area contributed by atoms with Gasteiger partial charge in [-0.1, -0.05) is 11.2 Å². The quantitative estimate of drug-likeness (QED) is 0.940. The second-order valence-corrected chi connectivity index (χ2v) is 7.53. The van der Waals surface area contributed by atoms with Crippen LogP contribution >= 0.6 is 0 Å². The van der Waals surface area contributed by atoms with Crippen LogP contribution in [0.5, 0.6) is 0 Å². The van der Waals surface area contributed by atoms with Crippen molar-refractivity contribution in [1.29, 1.82) is 0 Å². The number of nitrogens with zero attached hydrogens (tertiary/aromatic N) is 1. The van der Waals surface area contributed by atoms with Crippen LogP contribution in [0.2, 0.25) is 0 Å². The van der Waals surface area contributed by atoms with Crippen LogP contribution in [-0.4, -0.2) is 13.6 Å². The van der Waals surface area contributed by atoms with E-state index in [0.29, 0.717) is 16.3 Å². The normalized spacial score (nSPS) is 14.8. The molecule has 1 N–H and O–H groups in total. The second kappa shape index (κ2) is 5.85. The topological polar surface area (TPSA) is 72.2 Å². The summed E-state index contributed by atoms with van der Waals surface area (Å²) in [5.74, 6) is 0.644. The van der Waals surface area contributed by atoms with Gasteiger partial charge in [-0.15, -0.1) is 0 Å². The molecule has 0 unspecified atom stereocenters. The van der Waals surface area contributed by atoms with E-state index in [-0.39, 0.29) is 6.54 Å². The molecule has 0 saturated carbocycles. The maximum absolute atomic E-state index is 12.5. The lowest BCUT2D eigenvalue weighted by Crippen LogP contribution is -2.24. The Morgan fingerprint density at radius 3 is 2.59 bits per heavy atom. The smallest absolute Gasteiger partial charge is 0.240 e. The minimum absolute atomic E-state index is 0.195. The molecule has 118 valence electrons. The first-order chi connectivity index (χ1) is 10.5. The Balaban J connectivity index is 1.81. The third-order valence-corrected chi connectivity index (χ3v) is 5.65. The summed E-state index contributed by atoms with van der Waals surface area (Å²) < 4.78 is 32.6. The molecular weight excluding hydrogens is 300 g/mol. The summed E-state index contributed by atoms with van der Waals surface area (Å²) in [6, 6.07) is 5.45. The first kappa shape index (κ1) is 15.2. The summed E-state index contributed by atoms with van der Waals surface area (Å²) >= 11 is 0. The summed E-state index contributed by atoms with van der Waals surface area (Å²) in [4.78, 5) is 0.333. The van der Waals surface area contributed by atoms with Crippen LogP contribution in [0.25, 0.3) is 0 Å². The van der Waals surface area contributed by atoms with E-state index in [0.717, 1.165) is 30.4 Å². The van der Waals surface area contributed by atoms with Crippen molar-refractivity contribution in [3.8, 4) is 0 Å². The van der Waals surface area contributed by atoms with Crippen molar-refractivity contribution in [3.05, 3.63) is 46.3 Å². The molecule has 0 fully saturated rings. The molecule has 1 aliphatic rings. The number of rotatable bonds is 4. The molecule has 1 heterocycles. The highest BCUT2D eigenvalue weighted by atomic mass is 32.2. The number of aryl methyl sites for hydroxylation is 4. The summed E-state index contributed by atoms with van der Waals surface area (Å²) in [7, 11) is -3.52. The van der Waals surface area contributed by atoms with E-state index in [2.05, 4.69) is 9.88 Å². The summed E-state index contributed by atoms with van der Waals surface area (Å²) in [5, 5.41) is 3.84. The van der Waals surface area contributed by atoms with Gasteiger partial charge in [-0.05, 0) is 62.8 Å². The van der Waals surface area contributed by atoms with Crippen molar-refractivity contribution in [3.63, 3.8) is 0 Å². The molecule has 2 aromatic rings. The van der Waals surface area contributed by atoms with E-state index < -0.39 is 10.0 Å². The average Bonchev–Trinajstić information content (AvgIpc) is 2.83. The molecule has 6 heteroatoms. The van der Waals surface area contributed by atoms with Crippen molar-refractivity contribution in [2.45, 2.75) is 51.0 Å². The van der Waals surface area contributed by atoms with Crippen molar-refractivity contribution < 1.29 is 12.9 Å². The fraction of sp³-hybridized carbons (Fsp3) is 0.438. The molecule has 0 atom stereocenters. The zero-order valence-corrected chi connectivity index (χ0v) is 13.7. The first-order valence-corrected chi connectivity index (χ1v) is 8.99. The third kappa shape index (κ3) is 2.94.